The number of aryl methyl sites for hydroxylation is 1. The van der Waals surface area contributed by atoms with Gasteiger partial charge in [-0.2, -0.15) is 0 Å². The van der Waals surface area contributed by atoms with Crippen LogP contribution in [-0.4, -0.2) is 20.9 Å². The third-order valence-corrected chi connectivity index (χ3v) is 6.25. The van der Waals surface area contributed by atoms with Crippen molar-refractivity contribution in [3.8, 4) is 5.75 Å². The summed E-state index contributed by atoms with van der Waals surface area (Å²) in [5.41, 5.74) is 2.81. The number of amides is 1. The van der Waals surface area contributed by atoms with E-state index in [2.05, 4.69) is 5.32 Å². The molecule has 9 heteroatoms. The van der Waals surface area contributed by atoms with Crippen LogP contribution in [-0.2, 0) is 21.2 Å². The number of nitrogens with one attached hydrogen (secondary N) is 1. The molecule has 0 radical (unpaired) electrons. The van der Waals surface area contributed by atoms with Gasteiger partial charge in [0.1, 0.15) is 11.3 Å². The van der Waals surface area contributed by atoms with Crippen molar-refractivity contribution in [3.63, 3.8) is 0 Å². The van der Waals surface area contributed by atoms with Gasteiger partial charge in [-0.05, 0) is 54.4 Å². The van der Waals surface area contributed by atoms with E-state index in [1.54, 1.807) is 18.2 Å². The molecule has 0 saturated heterocycles. The average Bonchev–Trinajstić information content (AvgIpc) is 2.81. The third kappa shape index (κ3) is 5.33. The number of carbonyl (C=O) groups excluding carboxylic acids is 1. The van der Waals surface area contributed by atoms with E-state index in [0.717, 1.165) is 16.5 Å². The van der Waals surface area contributed by atoms with Crippen molar-refractivity contribution < 1.29 is 22.4 Å². The van der Waals surface area contributed by atoms with Gasteiger partial charge in [0.05, 0.1) is 4.90 Å². The maximum absolute atomic E-state index is 12.6. The minimum absolute atomic E-state index is 0.0541. The van der Waals surface area contributed by atoms with E-state index >= 15 is 0 Å². The summed E-state index contributed by atoms with van der Waals surface area (Å²) in [7, 11) is -3.81. The van der Waals surface area contributed by atoms with Crippen molar-refractivity contribution in [1.29, 1.82) is 0 Å². The van der Waals surface area contributed by atoms with Crippen LogP contribution in [0.4, 0.5) is 5.69 Å². The monoisotopic (exact) mass is 478 g/mol. The molecule has 0 bridgehead atoms. The Hall–Kier alpha value is -3.95. The Morgan fingerprint density at radius 2 is 1.74 bits per heavy atom. The molecule has 0 fully saturated rings. The van der Waals surface area contributed by atoms with Gasteiger partial charge >= 0.3 is 5.63 Å². The molecule has 3 N–H and O–H groups in total. The molecule has 0 unspecified atom stereocenters. The smallest absolute Gasteiger partial charge is 0.340 e. The molecule has 1 amide bonds. The van der Waals surface area contributed by atoms with Crippen molar-refractivity contribution in [2.75, 3.05) is 11.9 Å². The fraction of sp³-hybridized carbons (Fsp3) is 0.120. The van der Waals surface area contributed by atoms with Crippen LogP contribution in [0.1, 0.15) is 16.7 Å². The van der Waals surface area contributed by atoms with Crippen molar-refractivity contribution in [2.24, 2.45) is 5.14 Å². The minimum atomic E-state index is -3.81. The second kappa shape index (κ2) is 9.50. The number of nitrogens with two attached hydrogens (primary N) is 1. The number of hydrogen-bond acceptors (Lipinski definition) is 6. The Morgan fingerprint density at radius 1 is 1.03 bits per heavy atom. The molecule has 0 atom stereocenters. The van der Waals surface area contributed by atoms with E-state index in [4.69, 9.17) is 14.3 Å². The standard InChI is InChI=1S/C25H22N2O6S/c1-16-21-12-9-19(14-23(21)33-25(29)22(16)13-17-5-3-2-4-6-17)32-15-24(28)27-18-7-10-20(11-8-18)34(26,30)31/h2-12,14H,13,15H2,1H3,(H,27,28)(H2,26,30,31). The van der Waals surface area contributed by atoms with Crippen LogP contribution >= 0.6 is 0 Å². The van der Waals surface area contributed by atoms with E-state index in [1.165, 1.54) is 24.3 Å². The fourth-order valence-corrected chi connectivity index (χ4v) is 4.06. The van der Waals surface area contributed by atoms with Crippen molar-refractivity contribution in [2.45, 2.75) is 18.2 Å². The molecular weight excluding hydrogens is 456 g/mol. The summed E-state index contributed by atoms with van der Waals surface area (Å²) in [5.74, 6) is -0.0788. The van der Waals surface area contributed by atoms with Crippen molar-refractivity contribution >= 4 is 32.6 Å². The molecule has 8 nitrogen and oxygen atoms in total. The Morgan fingerprint density at radius 3 is 2.41 bits per heavy atom. The summed E-state index contributed by atoms with van der Waals surface area (Å²) in [4.78, 5) is 24.8. The molecule has 34 heavy (non-hydrogen) atoms. The normalized spacial score (nSPS) is 11.4. The highest BCUT2D eigenvalue weighted by Crippen LogP contribution is 2.25. The highest BCUT2D eigenvalue weighted by molar-refractivity contribution is 7.89. The third-order valence-electron chi connectivity index (χ3n) is 5.32. The topological polar surface area (TPSA) is 129 Å². The first-order valence-electron chi connectivity index (χ1n) is 10.4. The van der Waals surface area contributed by atoms with Crippen LogP contribution < -0.4 is 20.8 Å². The first kappa shape index (κ1) is 23.2. The molecule has 4 rings (SSSR count). The number of fused-ring (bicyclic) bond motifs is 1. The van der Waals surface area contributed by atoms with Gasteiger partial charge in [-0.25, -0.2) is 18.4 Å². The summed E-state index contributed by atoms with van der Waals surface area (Å²) < 4.78 is 33.7. The van der Waals surface area contributed by atoms with Crippen LogP contribution in [0.3, 0.4) is 0 Å². The maximum atomic E-state index is 12.6. The fourth-order valence-electron chi connectivity index (χ4n) is 3.54. The lowest BCUT2D eigenvalue weighted by Gasteiger charge is -2.11. The Kier molecular flexibility index (Phi) is 6.49. The zero-order valence-electron chi connectivity index (χ0n) is 18.3. The molecule has 3 aromatic carbocycles. The molecule has 1 heterocycles. The summed E-state index contributed by atoms with van der Waals surface area (Å²) in [6.07, 6.45) is 0.474. The number of hydrogen-bond donors (Lipinski definition) is 2. The van der Waals surface area contributed by atoms with Gasteiger partial charge < -0.3 is 14.5 Å². The predicted octanol–water partition coefficient (Wildman–Crippen LogP) is 3.36. The van der Waals surface area contributed by atoms with Gasteiger partial charge in [0, 0.05) is 29.1 Å². The van der Waals surface area contributed by atoms with Gasteiger partial charge in [0.15, 0.2) is 6.61 Å². The Labute approximate surface area is 196 Å². The number of benzene rings is 3. The van der Waals surface area contributed by atoms with Crippen molar-refractivity contribution in [3.05, 3.63) is 99.9 Å². The van der Waals surface area contributed by atoms with Gasteiger partial charge in [0.25, 0.3) is 5.91 Å². The quantitative estimate of drug-likeness (QED) is 0.392. The molecule has 174 valence electrons. The summed E-state index contributed by atoms with van der Waals surface area (Å²) in [6.45, 7) is 1.59. The number of carbonyl (C=O) groups is 1. The maximum Gasteiger partial charge on any atom is 0.340 e. The van der Waals surface area contributed by atoms with E-state index in [9.17, 15) is 18.0 Å². The zero-order valence-corrected chi connectivity index (χ0v) is 19.1. The molecule has 0 saturated carbocycles. The lowest BCUT2D eigenvalue weighted by molar-refractivity contribution is -0.118. The summed E-state index contributed by atoms with van der Waals surface area (Å²) >= 11 is 0. The van der Waals surface area contributed by atoms with E-state index in [-0.39, 0.29) is 11.5 Å². The predicted molar refractivity (Wildman–Crippen MR) is 128 cm³/mol. The molecular formula is C25H22N2O6S. The molecule has 0 aliphatic carbocycles. The Balaban J connectivity index is 1.45. The molecule has 0 aliphatic rings. The van der Waals surface area contributed by atoms with Crippen LogP contribution in [0.2, 0.25) is 0 Å². The highest BCUT2D eigenvalue weighted by Gasteiger charge is 2.13. The van der Waals surface area contributed by atoms with E-state index in [1.807, 2.05) is 37.3 Å². The second-order valence-corrected chi connectivity index (χ2v) is 9.28. The Bertz CT molecular complexity index is 1510. The summed E-state index contributed by atoms with van der Waals surface area (Å²) in [6, 6.07) is 20.2. The summed E-state index contributed by atoms with van der Waals surface area (Å²) in [5, 5.41) is 8.45. The molecule has 0 spiro atoms. The van der Waals surface area contributed by atoms with Crippen LogP contribution in [0.5, 0.6) is 5.75 Å². The van der Waals surface area contributed by atoms with Gasteiger partial charge in [0.2, 0.25) is 10.0 Å². The minimum Gasteiger partial charge on any atom is -0.484 e. The van der Waals surface area contributed by atoms with Crippen LogP contribution in [0, 0.1) is 6.92 Å². The zero-order chi connectivity index (χ0) is 24.3. The first-order valence-corrected chi connectivity index (χ1v) is 11.9. The molecule has 1 aromatic heterocycles. The van der Waals surface area contributed by atoms with E-state index < -0.39 is 21.6 Å². The molecule has 4 aromatic rings. The van der Waals surface area contributed by atoms with Gasteiger partial charge in [-0.15, -0.1) is 0 Å². The lowest BCUT2D eigenvalue weighted by atomic mass is 10.00. The first-order chi connectivity index (χ1) is 16.2. The number of ether oxygens (including phenoxy) is 1. The number of primary sulfonamides is 1. The van der Waals surface area contributed by atoms with Gasteiger partial charge in [-0.1, -0.05) is 30.3 Å². The number of rotatable bonds is 7. The van der Waals surface area contributed by atoms with Gasteiger partial charge in [-0.3, -0.25) is 4.79 Å². The highest BCUT2D eigenvalue weighted by atomic mass is 32.2. The molecule has 0 aliphatic heterocycles. The van der Waals surface area contributed by atoms with Crippen molar-refractivity contribution in [1.82, 2.24) is 0 Å². The SMILES string of the molecule is Cc1c(Cc2ccccc2)c(=O)oc2cc(OCC(=O)Nc3ccc(S(N)(=O)=O)cc3)ccc12. The van der Waals surface area contributed by atoms with Crippen LogP contribution in [0.25, 0.3) is 11.0 Å². The average molecular weight is 479 g/mol. The lowest BCUT2D eigenvalue weighted by Crippen LogP contribution is -2.20. The number of anilines is 1. The number of sulfonamides is 1. The largest absolute Gasteiger partial charge is 0.484 e. The van der Waals surface area contributed by atoms with Crippen LogP contribution in [0.15, 0.2) is 86.9 Å². The van der Waals surface area contributed by atoms with E-state index in [0.29, 0.717) is 29.0 Å². The second-order valence-electron chi connectivity index (χ2n) is 7.72.